The SMILES string of the molecule is Bc1c(OC)ccc2c(C)nc(C)nc12. The van der Waals surface area contributed by atoms with Gasteiger partial charge in [-0.25, -0.2) is 9.97 Å². The highest BCUT2D eigenvalue weighted by Crippen LogP contribution is 2.18. The summed E-state index contributed by atoms with van der Waals surface area (Å²) in [4.78, 5) is 8.80. The molecule has 76 valence electrons. The lowest BCUT2D eigenvalue weighted by Gasteiger charge is -2.09. The van der Waals surface area contributed by atoms with E-state index in [2.05, 4.69) is 9.97 Å². The summed E-state index contributed by atoms with van der Waals surface area (Å²) in [6.07, 6.45) is 0. The van der Waals surface area contributed by atoms with Crippen LogP contribution in [0.15, 0.2) is 12.1 Å². The minimum atomic E-state index is 0.802. The zero-order valence-electron chi connectivity index (χ0n) is 9.46. The predicted octanol–water partition coefficient (Wildman–Crippen LogP) is 0.514. The molecule has 2 aromatic rings. The lowest BCUT2D eigenvalue weighted by atomic mass is 9.91. The summed E-state index contributed by atoms with van der Waals surface area (Å²) in [7, 11) is 3.70. The molecule has 2 rings (SSSR count). The number of rotatable bonds is 1. The molecule has 0 aliphatic heterocycles. The van der Waals surface area contributed by atoms with Crippen LogP contribution in [0.4, 0.5) is 0 Å². The van der Waals surface area contributed by atoms with Gasteiger partial charge in [0, 0.05) is 11.1 Å². The van der Waals surface area contributed by atoms with Crippen molar-refractivity contribution < 1.29 is 4.74 Å². The topological polar surface area (TPSA) is 35.0 Å². The number of aromatic nitrogens is 2. The molecule has 1 aromatic heterocycles. The second kappa shape index (κ2) is 3.53. The Morgan fingerprint density at radius 3 is 2.60 bits per heavy atom. The van der Waals surface area contributed by atoms with Crippen molar-refractivity contribution >= 4 is 24.2 Å². The van der Waals surface area contributed by atoms with Gasteiger partial charge >= 0.3 is 0 Å². The minimum Gasteiger partial charge on any atom is -0.497 e. The van der Waals surface area contributed by atoms with Crippen molar-refractivity contribution in [2.45, 2.75) is 13.8 Å². The molecule has 0 saturated carbocycles. The van der Waals surface area contributed by atoms with Gasteiger partial charge in [0.25, 0.3) is 0 Å². The monoisotopic (exact) mass is 200 g/mol. The third-order valence-corrected chi connectivity index (χ3v) is 2.59. The molecule has 3 nitrogen and oxygen atoms in total. The van der Waals surface area contributed by atoms with Gasteiger partial charge in [-0.3, -0.25) is 0 Å². The normalized spacial score (nSPS) is 10.6. The van der Waals surface area contributed by atoms with Crippen molar-refractivity contribution in [2.75, 3.05) is 7.11 Å². The molecule has 0 bridgehead atoms. The van der Waals surface area contributed by atoms with E-state index < -0.39 is 0 Å². The molecule has 0 fully saturated rings. The summed E-state index contributed by atoms with van der Waals surface area (Å²) in [6, 6.07) is 3.97. The van der Waals surface area contributed by atoms with E-state index in [0.29, 0.717) is 0 Å². The molecule has 4 heteroatoms. The van der Waals surface area contributed by atoms with E-state index in [1.807, 2.05) is 33.8 Å². The summed E-state index contributed by atoms with van der Waals surface area (Å²) in [5.74, 6) is 1.68. The van der Waals surface area contributed by atoms with Crippen LogP contribution in [0, 0.1) is 13.8 Å². The fraction of sp³-hybridized carbons (Fsp3) is 0.273. The van der Waals surface area contributed by atoms with E-state index in [0.717, 1.165) is 33.6 Å². The Bertz CT molecular complexity index is 525. The highest BCUT2D eigenvalue weighted by Gasteiger charge is 2.07. The maximum Gasteiger partial charge on any atom is 0.147 e. The molecule has 1 aromatic carbocycles. The zero-order chi connectivity index (χ0) is 11.0. The second-order valence-electron chi connectivity index (χ2n) is 3.65. The third-order valence-electron chi connectivity index (χ3n) is 2.59. The highest BCUT2D eigenvalue weighted by molar-refractivity contribution is 6.40. The number of fused-ring (bicyclic) bond motifs is 1. The molecular formula is C11H13BN2O. The van der Waals surface area contributed by atoms with Crippen molar-refractivity contribution in [3.63, 3.8) is 0 Å². The fourth-order valence-electron chi connectivity index (χ4n) is 1.83. The Hall–Kier alpha value is -1.58. The molecule has 0 aliphatic carbocycles. The first kappa shape index (κ1) is 9.96. The first-order chi connectivity index (χ1) is 7.13. The van der Waals surface area contributed by atoms with E-state index in [1.54, 1.807) is 7.11 Å². The van der Waals surface area contributed by atoms with E-state index in [1.165, 1.54) is 0 Å². The fourth-order valence-corrected chi connectivity index (χ4v) is 1.83. The van der Waals surface area contributed by atoms with Gasteiger partial charge in [-0.15, -0.1) is 0 Å². The number of nitrogens with zero attached hydrogens (tertiary/aromatic N) is 2. The van der Waals surface area contributed by atoms with Crippen molar-refractivity contribution in [1.29, 1.82) is 0 Å². The average molecular weight is 200 g/mol. The predicted molar refractivity (Wildman–Crippen MR) is 63.7 cm³/mol. The van der Waals surface area contributed by atoms with E-state index in [9.17, 15) is 0 Å². The largest absolute Gasteiger partial charge is 0.497 e. The van der Waals surface area contributed by atoms with Gasteiger partial charge in [0.2, 0.25) is 0 Å². The quantitative estimate of drug-likeness (QED) is 0.629. The molecule has 0 saturated heterocycles. The number of aryl methyl sites for hydroxylation is 2. The van der Waals surface area contributed by atoms with Crippen LogP contribution in [-0.2, 0) is 0 Å². The molecule has 0 atom stereocenters. The molecule has 0 spiro atoms. The van der Waals surface area contributed by atoms with Gasteiger partial charge in [0.15, 0.2) is 0 Å². The van der Waals surface area contributed by atoms with Crippen LogP contribution in [0.25, 0.3) is 10.9 Å². The van der Waals surface area contributed by atoms with E-state index in [4.69, 9.17) is 4.74 Å². The first-order valence-electron chi connectivity index (χ1n) is 4.92. The summed E-state index contributed by atoms with van der Waals surface area (Å²) in [5.41, 5.74) is 3.08. The lowest BCUT2D eigenvalue weighted by Crippen LogP contribution is -2.11. The van der Waals surface area contributed by atoms with Crippen molar-refractivity contribution in [3.8, 4) is 5.75 Å². The van der Waals surface area contributed by atoms with Crippen molar-refractivity contribution in [2.24, 2.45) is 0 Å². The van der Waals surface area contributed by atoms with Crippen LogP contribution >= 0.6 is 0 Å². The van der Waals surface area contributed by atoms with Crippen LogP contribution in [0.5, 0.6) is 5.75 Å². The van der Waals surface area contributed by atoms with Crippen molar-refractivity contribution in [3.05, 3.63) is 23.7 Å². The highest BCUT2D eigenvalue weighted by atomic mass is 16.5. The number of hydrogen-bond acceptors (Lipinski definition) is 3. The molecule has 0 radical (unpaired) electrons. The maximum absolute atomic E-state index is 5.27. The third kappa shape index (κ3) is 1.56. The van der Waals surface area contributed by atoms with Crippen LogP contribution < -0.4 is 10.2 Å². The number of benzene rings is 1. The Kier molecular flexibility index (Phi) is 2.35. The van der Waals surface area contributed by atoms with Crippen LogP contribution in [0.1, 0.15) is 11.5 Å². The standard InChI is InChI=1S/C11H13BN2O/c1-6-8-4-5-9(15-3)10(12)11(8)14-7(2)13-6/h4-5H,12H2,1-3H3. The molecule has 1 heterocycles. The van der Waals surface area contributed by atoms with E-state index in [-0.39, 0.29) is 0 Å². The minimum absolute atomic E-state index is 0.802. The summed E-state index contributed by atoms with van der Waals surface area (Å²) in [5, 5.41) is 1.10. The average Bonchev–Trinajstić information content (AvgIpc) is 2.19. The number of ether oxygens (including phenoxy) is 1. The smallest absolute Gasteiger partial charge is 0.147 e. The van der Waals surface area contributed by atoms with Gasteiger partial charge < -0.3 is 4.74 Å². The Balaban J connectivity index is 2.86. The summed E-state index contributed by atoms with van der Waals surface area (Å²) < 4.78 is 5.27. The summed E-state index contributed by atoms with van der Waals surface area (Å²) >= 11 is 0. The first-order valence-corrected chi connectivity index (χ1v) is 4.92. The number of hydrogen-bond donors (Lipinski definition) is 0. The van der Waals surface area contributed by atoms with Gasteiger partial charge in [0.05, 0.1) is 12.6 Å². The Morgan fingerprint density at radius 2 is 1.93 bits per heavy atom. The summed E-state index contributed by atoms with van der Waals surface area (Å²) in [6.45, 7) is 3.91. The molecule has 0 aliphatic rings. The molecular weight excluding hydrogens is 187 g/mol. The molecule has 0 unspecified atom stereocenters. The second-order valence-corrected chi connectivity index (χ2v) is 3.65. The number of methoxy groups -OCH3 is 1. The van der Waals surface area contributed by atoms with Gasteiger partial charge in [-0.1, -0.05) is 0 Å². The molecule has 15 heavy (non-hydrogen) atoms. The molecule has 0 amide bonds. The van der Waals surface area contributed by atoms with Crippen LogP contribution in [0.3, 0.4) is 0 Å². The van der Waals surface area contributed by atoms with Crippen molar-refractivity contribution in [1.82, 2.24) is 9.97 Å². The molecule has 0 N–H and O–H groups in total. The lowest BCUT2D eigenvalue weighted by molar-refractivity contribution is 0.418. The van der Waals surface area contributed by atoms with Crippen LogP contribution in [0.2, 0.25) is 0 Å². The van der Waals surface area contributed by atoms with Gasteiger partial charge in [-0.05, 0) is 31.4 Å². The van der Waals surface area contributed by atoms with E-state index >= 15 is 0 Å². The van der Waals surface area contributed by atoms with Crippen LogP contribution in [-0.4, -0.2) is 24.9 Å². The maximum atomic E-state index is 5.27. The van der Waals surface area contributed by atoms with Gasteiger partial charge in [0.1, 0.15) is 19.4 Å². The Morgan fingerprint density at radius 1 is 1.20 bits per heavy atom. The van der Waals surface area contributed by atoms with Gasteiger partial charge in [-0.2, -0.15) is 0 Å². The Labute approximate surface area is 89.9 Å². The zero-order valence-corrected chi connectivity index (χ0v) is 9.46.